The Labute approximate surface area is 123 Å². The van der Waals surface area contributed by atoms with Crippen LogP contribution in [0.5, 0.6) is 0 Å². The molecule has 0 saturated heterocycles. The molecule has 1 aromatic heterocycles. The number of aromatic nitrogens is 1. The minimum atomic E-state index is -0.334. The molecule has 0 aliphatic rings. The van der Waals surface area contributed by atoms with Gasteiger partial charge in [-0.2, -0.15) is 5.10 Å². The van der Waals surface area contributed by atoms with E-state index in [4.69, 9.17) is 5.73 Å². The maximum absolute atomic E-state index is 13.2. The number of hydrogen-bond donors (Lipinski definition) is 2. The third-order valence-electron chi connectivity index (χ3n) is 1.93. The first-order chi connectivity index (χ1) is 8.56. The number of hydrogen-bond acceptors (Lipinski definition) is 5. The van der Waals surface area contributed by atoms with Gasteiger partial charge in [0.25, 0.3) is 0 Å². The maximum Gasteiger partial charge on any atom is 0.205 e. The highest BCUT2D eigenvalue weighted by molar-refractivity contribution is 9.11. The van der Waals surface area contributed by atoms with E-state index in [-0.39, 0.29) is 5.82 Å². The molecule has 94 valence electrons. The summed E-state index contributed by atoms with van der Waals surface area (Å²) < 4.78 is 14.2. The lowest BCUT2D eigenvalue weighted by molar-refractivity contribution is 0.620. The molecular formula is C10H7Br2FN4S. The molecule has 1 heterocycles. The minimum Gasteiger partial charge on any atom is -0.383 e. The summed E-state index contributed by atoms with van der Waals surface area (Å²) in [7, 11) is 0. The highest BCUT2D eigenvalue weighted by Crippen LogP contribution is 2.24. The molecule has 8 heteroatoms. The average Bonchev–Trinajstić information content (AvgIpc) is 2.71. The number of thiazole rings is 1. The van der Waals surface area contributed by atoms with Crippen molar-refractivity contribution in [1.29, 1.82) is 0 Å². The molecule has 0 aliphatic carbocycles. The Morgan fingerprint density at radius 3 is 2.83 bits per heavy atom. The van der Waals surface area contributed by atoms with Gasteiger partial charge in [-0.25, -0.2) is 9.37 Å². The van der Waals surface area contributed by atoms with E-state index in [0.717, 1.165) is 5.56 Å². The average molecular weight is 394 g/mol. The quantitative estimate of drug-likeness (QED) is 0.473. The summed E-state index contributed by atoms with van der Waals surface area (Å²) in [6.07, 6.45) is 1.56. The Kier molecular flexibility index (Phi) is 4.31. The molecule has 4 nitrogen and oxygen atoms in total. The number of rotatable bonds is 3. The topological polar surface area (TPSA) is 63.3 Å². The van der Waals surface area contributed by atoms with E-state index in [0.29, 0.717) is 19.9 Å². The zero-order valence-corrected chi connectivity index (χ0v) is 12.8. The van der Waals surface area contributed by atoms with Crippen LogP contribution in [-0.2, 0) is 0 Å². The predicted molar refractivity (Wildman–Crippen MR) is 79.5 cm³/mol. The van der Waals surface area contributed by atoms with Crippen molar-refractivity contribution in [3.8, 4) is 0 Å². The number of benzene rings is 1. The summed E-state index contributed by atoms with van der Waals surface area (Å²) in [6, 6.07) is 2.99. The van der Waals surface area contributed by atoms with E-state index in [1.165, 1.54) is 17.4 Å². The van der Waals surface area contributed by atoms with Crippen molar-refractivity contribution < 1.29 is 4.39 Å². The van der Waals surface area contributed by atoms with E-state index < -0.39 is 0 Å². The number of nitrogens with one attached hydrogen (secondary N) is 1. The monoisotopic (exact) mass is 392 g/mol. The van der Waals surface area contributed by atoms with Crippen molar-refractivity contribution in [2.45, 2.75) is 0 Å². The van der Waals surface area contributed by atoms with E-state index in [1.807, 2.05) is 0 Å². The number of hydrazone groups is 1. The first kappa shape index (κ1) is 13.4. The molecule has 2 aromatic rings. The Morgan fingerprint density at radius 2 is 2.17 bits per heavy atom. The van der Waals surface area contributed by atoms with Crippen LogP contribution in [0.25, 0.3) is 0 Å². The lowest BCUT2D eigenvalue weighted by Gasteiger charge is -2.00. The van der Waals surface area contributed by atoms with Crippen LogP contribution in [0.2, 0.25) is 0 Å². The third-order valence-corrected chi connectivity index (χ3v) is 3.99. The van der Waals surface area contributed by atoms with E-state index in [2.05, 4.69) is 47.4 Å². The van der Waals surface area contributed by atoms with Crippen LogP contribution in [0.3, 0.4) is 0 Å². The largest absolute Gasteiger partial charge is 0.383 e. The summed E-state index contributed by atoms with van der Waals surface area (Å²) in [5, 5.41) is 6.31. The normalized spacial score (nSPS) is 11.1. The highest BCUT2D eigenvalue weighted by atomic mass is 79.9. The molecule has 3 N–H and O–H groups in total. The van der Waals surface area contributed by atoms with Crippen molar-refractivity contribution >= 4 is 60.4 Å². The smallest absolute Gasteiger partial charge is 0.205 e. The van der Waals surface area contributed by atoms with Gasteiger partial charge in [0.05, 0.1) is 10.7 Å². The zero-order chi connectivity index (χ0) is 13.1. The summed E-state index contributed by atoms with van der Waals surface area (Å²) in [5.74, 6) is 0.114. The van der Waals surface area contributed by atoms with Gasteiger partial charge in [-0.3, -0.25) is 5.43 Å². The summed E-state index contributed by atoms with van der Waals surface area (Å²) in [6.45, 7) is 0. The molecule has 0 saturated carbocycles. The number of nitrogen functional groups attached to an aromatic ring is 1. The summed E-state index contributed by atoms with van der Waals surface area (Å²) >= 11 is 7.73. The van der Waals surface area contributed by atoms with Crippen LogP contribution in [-0.4, -0.2) is 11.2 Å². The Hall–Kier alpha value is -0.990. The van der Waals surface area contributed by atoms with Gasteiger partial charge in [0.1, 0.15) is 11.6 Å². The van der Waals surface area contributed by atoms with E-state index in [9.17, 15) is 4.39 Å². The van der Waals surface area contributed by atoms with Crippen molar-refractivity contribution in [3.63, 3.8) is 0 Å². The number of nitrogens with zero attached hydrogens (tertiary/aromatic N) is 2. The fourth-order valence-electron chi connectivity index (χ4n) is 1.13. The Bertz CT molecular complexity index is 600. The van der Waals surface area contributed by atoms with Crippen LogP contribution in [0.1, 0.15) is 5.56 Å². The molecule has 0 aliphatic heterocycles. The van der Waals surface area contributed by atoms with Crippen molar-refractivity contribution in [1.82, 2.24) is 4.98 Å². The second-order valence-electron chi connectivity index (χ2n) is 3.24. The number of nitrogens with two attached hydrogens (primary N) is 1. The van der Waals surface area contributed by atoms with Gasteiger partial charge in [0, 0.05) is 15.4 Å². The van der Waals surface area contributed by atoms with E-state index in [1.54, 1.807) is 17.7 Å². The van der Waals surface area contributed by atoms with Gasteiger partial charge < -0.3 is 5.73 Å². The molecule has 0 radical (unpaired) electrons. The molecule has 18 heavy (non-hydrogen) atoms. The standard InChI is InChI=1S/C10H7Br2FN4S/c11-6-2-8(13)7(12)1-5(6)3-15-17-10-16-9(14)4-18-10/h1-4H,14H2,(H,16,17). The third kappa shape index (κ3) is 3.27. The van der Waals surface area contributed by atoms with Crippen LogP contribution in [0, 0.1) is 5.82 Å². The molecule has 0 atom stereocenters. The van der Waals surface area contributed by atoms with Gasteiger partial charge in [0.2, 0.25) is 5.13 Å². The Balaban J connectivity index is 2.11. The first-order valence-corrected chi connectivity index (χ1v) is 7.17. The second kappa shape index (κ2) is 5.77. The highest BCUT2D eigenvalue weighted by Gasteiger charge is 2.04. The fourth-order valence-corrected chi connectivity index (χ4v) is 2.46. The molecule has 0 unspecified atom stereocenters. The SMILES string of the molecule is Nc1csc(NN=Cc2cc(Br)c(F)cc2Br)n1. The van der Waals surface area contributed by atoms with Crippen molar-refractivity contribution in [2.75, 3.05) is 11.2 Å². The summed E-state index contributed by atoms with van der Waals surface area (Å²) in [5.41, 5.74) is 8.95. The zero-order valence-electron chi connectivity index (χ0n) is 8.82. The van der Waals surface area contributed by atoms with Gasteiger partial charge in [-0.05, 0) is 28.1 Å². The first-order valence-electron chi connectivity index (χ1n) is 4.71. The van der Waals surface area contributed by atoms with Gasteiger partial charge in [0.15, 0.2) is 0 Å². The predicted octanol–water partition coefficient (Wildman–Crippen LogP) is 3.84. The molecule has 0 amide bonds. The maximum atomic E-state index is 13.2. The van der Waals surface area contributed by atoms with Crippen LogP contribution < -0.4 is 11.2 Å². The van der Waals surface area contributed by atoms with Crippen LogP contribution in [0.4, 0.5) is 15.3 Å². The molecule has 0 fully saturated rings. The molecule has 0 spiro atoms. The lowest BCUT2D eigenvalue weighted by atomic mass is 10.2. The van der Waals surface area contributed by atoms with Crippen molar-refractivity contribution in [3.05, 3.63) is 37.8 Å². The lowest BCUT2D eigenvalue weighted by Crippen LogP contribution is -1.93. The van der Waals surface area contributed by atoms with Gasteiger partial charge in [-0.1, -0.05) is 15.9 Å². The van der Waals surface area contributed by atoms with E-state index >= 15 is 0 Å². The summed E-state index contributed by atoms with van der Waals surface area (Å²) in [4.78, 5) is 3.99. The Morgan fingerprint density at radius 1 is 1.39 bits per heavy atom. The van der Waals surface area contributed by atoms with Gasteiger partial charge >= 0.3 is 0 Å². The second-order valence-corrected chi connectivity index (χ2v) is 5.80. The molecule has 1 aromatic carbocycles. The van der Waals surface area contributed by atoms with Crippen molar-refractivity contribution in [2.24, 2.45) is 5.10 Å². The van der Waals surface area contributed by atoms with Crippen LogP contribution in [0.15, 0.2) is 31.6 Å². The minimum absolute atomic E-state index is 0.334. The molecular weight excluding hydrogens is 387 g/mol. The van der Waals surface area contributed by atoms with Crippen LogP contribution >= 0.6 is 43.2 Å². The number of anilines is 2. The molecule has 0 bridgehead atoms. The van der Waals surface area contributed by atoms with Gasteiger partial charge in [-0.15, -0.1) is 11.3 Å². The number of halogens is 3. The molecule has 2 rings (SSSR count). The fraction of sp³-hybridized carbons (Fsp3) is 0.